The molecule has 0 saturated heterocycles. The summed E-state index contributed by atoms with van der Waals surface area (Å²) in [6, 6.07) is 0.237. The van der Waals surface area contributed by atoms with E-state index >= 15 is 0 Å². The Morgan fingerprint density at radius 1 is 1.40 bits per heavy atom. The minimum Gasteiger partial charge on any atom is -0.312 e. The topological polar surface area (TPSA) is 21.3 Å². The Morgan fingerprint density at radius 3 is 2.60 bits per heavy atom. The van der Waals surface area contributed by atoms with Crippen LogP contribution in [-0.4, -0.2) is 37.1 Å². The Bertz CT molecular complexity index is 155. The summed E-state index contributed by atoms with van der Waals surface area (Å²) in [5.41, 5.74) is 0. The first-order valence-electron chi connectivity index (χ1n) is 4.97. The number of thioether (sulfide) groups is 1. The van der Waals surface area contributed by atoms with E-state index in [0.717, 1.165) is 17.9 Å². The molecule has 0 amide bonds. The molecule has 0 aromatic rings. The molecule has 0 fully saturated rings. The second-order valence-corrected chi connectivity index (χ2v) is 4.53. The van der Waals surface area contributed by atoms with Gasteiger partial charge < -0.3 is 5.32 Å². The summed E-state index contributed by atoms with van der Waals surface area (Å²) in [6.45, 7) is 3.95. The Balaban J connectivity index is 3.27. The zero-order chi connectivity index (χ0) is 11.7. The van der Waals surface area contributed by atoms with Gasteiger partial charge in [-0.15, -0.1) is 13.2 Å². The molecule has 0 aliphatic heterocycles. The average molecular weight is 245 g/mol. The van der Waals surface area contributed by atoms with Crippen LogP contribution in [0.2, 0.25) is 0 Å². The van der Waals surface area contributed by atoms with E-state index in [2.05, 4.69) is 17.0 Å². The van der Waals surface area contributed by atoms with Gasteiger partial charge in [-0.25, -0.2) is 0 Å². The maximum Gasteiger partial charge on any atom is 0.522 e. The van der Waals surface area contributed by atoms with Crippen molar-refractivity contribution >= 4 is 11.8 Å². The summed E-state index contributed by atoms with van der Waals surface area (Å²) in [7, 11) is 0. The lowest BCUT2D eigenvalue weighted by molar-refractivity contribution is -0.323. The standard InChI is InChI=1S/C9H18F3NOS/c1-3-15-7-4-8(2)13-5-6-14-9(10,11)12/h8,13H,3-7H2,1-2H3. The molecule has 0 saturated carbocycles. The van der Waals surface area contributed by atoms with Crippen molar-refractivity contribution in [3.8, 4) is 0 Å². The van der Waals surface area contributed by atoms with Crippen LogP contribution in [0, 0.1) is 0 Å². The fourth-order valence-corrected chi connectivity index (χ4v) is 1.79. The number of alkyl halides is 3. The number of nitrogens with one attached hydrogen (secondary N) is 1. The van der Waals surface area contributed by atoms with Crippen molar-refractivity contribution < 1.29 is 17.9 Å². The molecule has 92 valence electrons. The van der Waals surface area contributed by atoms with Crippen molar-refractivity contribution in [3.63, 3.8) is 0 Å². The number of halogens is 3. The van der Waals surface area contributed by atoms with Gasteiger partial charge in [0, 0.05) is 12.6 Å². The van der Waals surface area contributed by atoms with E-state index in [-0.39, 0.29) is 19.2 Å². The lowest BCUT2D eigenvalue weighted by Gasteiger charge is -2.13. The predicted octanol–water partition coefficient (Wildman–Crippen LogP) is 2.64. The van der Waals surface area contributed by atoms with Gasteiger partial charge in [0.1, 0.15) is 0 Å². The van der Waals surface area contributed by atoms with Gasteiger partial charge in [0.05, 0.1) is 6.61 Å². The van der Waals surface area contributed by atoms with Crippen LogP contribution in [-0.2, 0) is 4.74 Å². The highest BCUT2D eigenvalue weighted by atomic mass is 32.2. The molecule has 0 aromatic carbocycles. The summed E-state index contributed by atoms with van der Waals surface area (Å²) in [5.74, 6) is 2.11. The van der Waals surface area contributed by atoms with Crippen molar-refractivity contribution in [2.75, 3.05) is 24.7 Å². The highest BCUT2D eigenvalue weighted by Crippen LogP contribution is 2.15. The molecule has 0 aliphatic carbocycles. The Labute approximate surface area is 92.9 Å². The van der Waals surface area contributed by atoms with Crippen molar-refractivity contribution in [1.82, 2.24) is 5.32 Å². The minimum absolute atomic E-state index is 0.234. The van der Waals surface area contributed by atoms with Gasteiger partial charge in [-0.05, 0) is 24.9 Å². The molecule has 0 bridgehead atoms. The lowest BCUT2D eigenvalue weighted by Crippen LogP contribution is -2.31. The molecule has 0 spiro atoms. The predicted molar refractivity (Wildman–Crippen MR) is 57.1 cm³/mol. The van der Waals surface area contributed by atoms with E-state index < -0.39 is 6.36 Å². The summed E-state index contributed by atoms with van der Waals surface area (Å²) in [6.07, 6.45) is -3.55. The minimum atomic E-state index is -4.51. The molecule has 1 N–H and O–H groups in total. The van der Waals surface area contributed by atoms with Gasteiger partial charge in [0.15, 0.2) is 0 Å². The zero-order valence-corrected chi connectivity index (χ0v) is 9.88. The van der Waals surface area contributed by atoms with Crippen LogP contribution < -0.4 is 5.32 Å². The van der Waals surface area contributed by atoms with Crippen molar-refractivity contribution in [3.05, 3.63) is 0 Å². The lowest BCUT2D eigenvalue weighted by atomic mass is 10.2. The number of hydrogen-bond acceptors (Lipinski definition) is 3. The fourth-order valence-electron chi connectivity index (χ4n) is 0.979. The third kappa shape index (κ3) is 12.0. The van der Waals surface area contributed by atoms with E-state index in [4.69, 9.17) is 0 Å². The number of ether oxygens (including phenoxy) is 1. The SMILES string of the molecule is CCSCCC(C)NCCOC(F)(F)F. The smallest absolute Gasteiger partial charge is 0.312 e. The van der Waals surface area contributed by atoms with Crippen molar-refractivity contribution in [2.24, 2.45) is 0 Å². The first-order chi connectivity index (χ1) is 6.95. The van der Waals surface area contributed by atoms with Crippen LogP contribution in [0.5, 0.6) is 0 Å². The molecule has 6 heteroatoms. The summed E-state index contributed by atoms with van der Waals surface area (Å²) in [4.78, 5) is 0. The molecular weight excluding hydrogens is 227 g/mol. The highest BCUT2D eigenvalue weighted by molar-refractivity contribution is 7.99. The van der Waals surface area contributed by atoms with Crippen molar-refractivity contribution in [2.45, 2.75) is 32.7 Å². The molecule has 0 aliphatic rings. The Morgan fingerprint density at radius 2 is 2.07 bits per heavy atom. The molecular formula is C9H18F3NOS. The molecule has 0 heterocycles. The maximum atomic E-state index is 11.6. The molecule has 0 rings (SSSR count). The second kappa shape index (κ2) is 8.24. The summed E-state index contributed by atoms with van der Waals surface area (Å²) in [5, 5.41) is 2.98. The van der Waals surface area contributed by atoms with E-state index in [1.165, 1.54) is 0 Å². The third-order valence-corrected chi connectivity index (χ3v) is 2.69. The van der Waals surface area contributed by atoms with Gasteiger partial charge in [-0.1, -0.05) is 6.92 Å². The van der Waals surface area contributed by atoms with Gasteiger partial charge in [-0.2, -0.15) is 11.8 Å². The van der Waals surface area contributed by atoms with E-state index in [1.807, 2.05) is 18.7 Å². The Hall–Kier alpha value is 0.0600. The van der Waals surface area contributed by atoms with Gasteiger partial charge in [0.25, 0.3) is 0 Å². The molecule has 1 unspecified atom stereocenters. The van der Waals surface area contributed by atoms with Gasteiger partial charge in [-0.3, -0.25) is 4.74 Å². The number of hydrogen-bond donors (Lipinski definition) is 1. The van der Waals surface area contributed by atoms with Crippen LogP contribution in [0.1, 0.15) is 20.3 Å². The average Bonchev–Trinajstić information content (AvgIpc) is 2.11. The fraction of sp³-hybridized carbons (Fsp3) is 1.00. The normalized spacial score (nSPS) is 14.2. The highest BCUT2D eigenvalue weighted by Gasteiger charge is 2.28. The van der Waals surface area contributed by atoms with Crippen LogP contribution in [0.4, 0.5) is 13.2 Å². The monoisotopic (exact) mass is 245 g/mol. The van der Waals surface area contributed by atoms with E-state index in [1.54, 1.807) is 0 Å². The first-order valence-corrected chi connectivity index (χ1v) is 6.13. The largest absolute Gasteiger partial charge is 0.522 e. The van der Waals surface area contributed by atoms with Crippen LogP contribution in [0.25, 0.3) is 0 Å². The van der Waals surface area contributed by atoms with E-state index in [0.29, 0.717) is 0 Å². The Kier molecular flexibility index (Phi) is 8.27. The van der Waals surface area contributed by atoms with E-state index in [9.17, 15) is 13.2 Å². The maximum absolute atomic E-state index is 11.6. The molecule has 0 aromatic heterocycles. The first kappa shape index (κ1) is 15.1. The summed E-state index contributed by atoms with van der Waals surface area (Å²) >= 11 is 1.83. The second-order valence-electron chi connectivity index (χ2n) is 3.13. The van der Waals surface area contributed by atoms with Crippen molar-refractivity contribution in [1.29, 1.82) is 0 Å². The van der Waals surface area contributed by atoms with Crippen LogP contribution >= 0.6 is 11.8 Å². The zero-order valence-electron chi connectivity index (χ0n) is 9.06. The van der Waals surface area contributed by atoms with Crippen LogP contribution in [0.3, 0.4) is 0 Å². The molecule has 0 radical (unpaired) electrons. The quantitative estimate of drug-likeness (QED) is 0.664. The molecule has 15 heavy (non-hydrogen) atoms. The molecule has 1 atom stereocenters. The third-order valence-electron chi connectivity index (χ3n) is 1.76. The van der Waals surface area contributed by atoms with Gasteiger partial charge in [0.2, 0.25) is 0 Å². The molecule has 2 nitrogen and oxygen atoms in total. The number of rotatable bonds is 8. The summed E-state index contributed by atoms with van der Waals surface area (Å²) < 4.78 is 38.4. The van der Waals surface area contributed by atoms with Crippen LogP contribution in [0.15, 0.2) is 0 Å². The van der Waals surface area contributed by atoms with Gasteiger partial charge >= 0.3 is 6.36 Å².